The van der Waals surface area contributed by atoms with Gasteiger partial charge < -0.3 is 8.83 Å². The standard InChI is InChI=1S/C63H37N3O2S/c1-3-14-38(15-4-1)40-18-11-20-44(32-40)61-64-62(45-21-12-19-41(33-45)39-16-5-2-6-17-39)66-63(65-61)50-24-13-26-55-60(50)52-34-43(29-31-54(52)67-55)51-35-46(36-56-59(51)49-23-7-9-25-53(49)68-56)42-28-30-48-47-22-8-10-27-57(47)69-58(48)37-42/h1-37H. The molecule has 0 N–H and O–H groups in total. The lowest BCUT2D eigenvalue weighted by Crippen LogP contribution is -2.00. The predicted octanol–water partition coefficient (Wildman–Crippen LogP) is 17.7. The Labute approximate surface area is 400 Å². The summed E-state index contributed by atoms with van der Waals surface area (Å²) in [4.78, 5) is 15.8. The molecule has 4 heterocycles. The Balaban J connectivity index is 0.964. The maximum atomic E-state index is 6.68. The lowest BCUT2D eigenvalue weighted by molar-refractivity contribution is 0.669. The van der Waals surface area contributed by atoms with Crippen LogP contribution < -0.4 is 0 Å². The number of fused-ring (bicyclic) bond motifs is 9. The molecule has 0 atom stereocenters. The van der Waals surface area contributed by atoms with Gasteiger partial charge in [0, 0.05) is 58.4 Å². The molecule has 0 bridgehead atoms. The van der Waals surface area contributed by atoms with Gasteiger partial charge in [-0.1, -0.05) is 164 Å². The highest BCUT2D eigenvalue weighted by Crippen LogP contribution is 2.45. The quantitative estimate of drug-likeness (QED) is 0.159. The van der Waals surface area contributed by atoms with Gasteiger partial charge in [-0.2, -0.15) is 0 Å². The number of aromatic nitrogens is 3. The van der Waals surface area contributed by atoms with Crippen molar-refractivity contribution in [3.05, 3.63) is 224 Å². The molecule has 4 aromatic heterocycles. The van der Waals surface area contributed by atoms with E-state index in [9.17, 15) is 0 Å². The van der Waals surface area contributed by atoms with E-state index < -0.39 is 0 Å². The monoisotopic (exact) mass is 899 g/mol. The van der Waals surface area contributed by atoms with Crippen molar-refractivity contribution in [3.63, 3.8) is 0 Å². The number of hydrogen-bond donors (Lipinski definition) is 0. The first kappa shape index (κ1) is 39.2. The van der Waals surface area contributed by atoms with Crippen LogP contribution in [0.15, 0.2) is 233 Å². The van der Waals surface area contributed by atoms with E-state index in [1.54, 1.807) is 0 Å². The van der Waals surface area contributed by atoms with Crippen molar-refractivity contribution in [3.8, 4) is 78.7 Å². The Hall–Kier alpha value is -8.97. The topological polar surface area (TPSA) is 65.0 Å². The molecular formula is C63H37N3O2S. The molecule has 0 unspecified atom stereocenters. The van der Waals surface area contributed by atoms with Gasteiger partial charge in [-0.15, -0.1) is 11.3 Å². The minimum absolute atomic E-state index is 0.561. The summed E-state index contributed by atoms with van der Waals surface area (Å²) in [6, 6.07) is 78.6. The molecule has 0 saturated heterocycles. The maximum Gasteiger partial charge on any atom is 0.164 e. The highest BCUT2D eigenvalue weighted by molar-refractivity contribution is 7.25. The van der Waals surface area contributed by atoms with Gasteiger partial charge >= 0.3 is 0 Å². The van der Waals surface area contributed by atoms with E-state index in [0.29, 0.717) is 17.5 Å². The highest BCUT2D eigenvalue weighted by Gasteiger charge is 2.21. The summed E-state index contributed by atoms with van der Waals surface area (Å²) in [7, 11) is 0. The van der Waals surface area contributed by atoms with Gasteiger partial charge in [-0.3, -0.25) is 0 Å². The van der Waals surface area contributed by atoms with Gasteiger partial charge in [0.1, 0.15) is 22.3 Å². The maximum absolute atomic E-state index is 6.68. The summed E-state index contributed by atoms with van der Waals surface area (Å²) in [6.07, 6.45) is 0. The van der Waals surface area contributed by atoms with E-state index >= 15 is 0 Å². The molecular weight excluding hydrogens is 863 g/mol. The van der Waals surface area contributed by atoms with Gasteiger partial charge in [0.05, 0.1) is 0 Å². The zero-order valence-corrected chi connectivity index (χ0v) is 37.7. The van der Waals surface area contributed by atoms with Crippen LogP contribution in [0.5, 0.6) is 0 Å². The molecule has 0 radical (unpaired) electrons. The van der Waals surface area contributed by atoms with Crippen molar-refractivity contribution in [2.24, 2.45) is 0 Å². The summed E-state index contributed by atoms with van der Waals surface area (Å²) in [5.41, 5.74) is 14.7. The molecule has 0 spiro atoms. The van der Waals surface area contributed by atoms with Crippen LogP contribution in [0.1, 0.15) is 0 Å². The first-order valence-electron chi connectivity index (χ1n) is 23.1. The Morgan fingerprint density at radius 1 is 0.261 bits per heavy atom. The Bertz CT molecular complexity index is 4220. The minimum Gasteiger partial charge on any atom is -0.456 e. The molecule has 0 aliphatic rings. The lowest BCUT2D eigenvalue weighted by atomic mass is 9.93. The number of nitrogens with zero attached hydrogens (tertiary/aromatic N) is 3. The van der Waals surface area contributed by atoms with Gasteiger partial charge in [-0.25, -0.2) is 15.0 Å². The summed E-state index contributed by atoms with van der Waals surface area (Å²) in [6.45, 7) is 0. The largest absolute Gasteiger partial charge is 0.456 e. The lowest BCUT2D eigenvalue weighted by Gasteiger charge is -2.11. The fourth-order valence-corrected chi connectivity index (χ4v) is 11.2. The van der Waals surface area contributed by atoms with Crippen LogP contribution in [0, 0.1) is 0 Å². The molecule has 14 rings (SSSR count). The Morgan fingerprint density at radius 3 is 1.55 bits per heavy atom. The van der Waals surface area contributed by atoms with E-state index in [2.05, 4.69) is 188 Å². The molecule has 69 heavy (non-hydrogen) atoms. The summed E-state index contributed by atoms with van der Waals surface area (Å²) >= 11 is 1.83. The second-order valence-corrected chi connectivity index (χ2v) is 18.6. The van der Waals surface area contributed by atoms with Gasteiger partial charge in [-0.05, 0) is 105 Å². The smallest absolute Gasteiger partial charge is 0.164 e. The van der Waals surface area contributed by atoms with E-state index in [1.165, 1.54) is 20.2 Å². The summed E-state index contributed by atoms with van der Waals surface area (Å²) < 4.78 is 15.9. The molecule has 322 valence electrons. The third-order valence-corrected chi connectivity index (χ3v) is 14.5. The third-order valence-electron chi connectivity index (χ3n) is 13.3. The highest BCUT2D eigenvalue weighted by atomic mass is 32.1. The molecule has 0 saturated carbocycles. The van der Waals surface area contributed by atoms with Crippen molar-refractivity contribution < 1.29 is 8.83 Å². The van der Waals surface area contributed by atoms with E-state index in [-0.39, 0.29) is 0 Å². The zero-order valence-electron chi connectivity index (χ0n) is 36.9. The van der Waals surface area contributed by atoms with Crippen LogP contribution in [0.4, 0.5) is 0 Å². The van der Waals surface area contributed by atoms with Gasteiger partial charge in [0.25, 0.3) is 0 Å². The molecule has 5 nitrogen and oxygen atoms in total. The fourth-order valence-electron chi connectivity index (χ4n) is 10.0. The molecule has 0 fully saturated rings. The number of furan rings is 2. The first-order valence-corrected chi connectivity index (χ1v) is 23.9. The third kappa shape index (κ3) is 6.72. The normalized spacial score (nSPS) is 11.8. The van der Waals surface area contributed by atoms with Crippen LogP contribution in [0.25, 0.3) is 143 Å². The van der Waals surface area contributed by atoms with Crippen LogP contribution >= 0.6 is 11.3 Å². The predicted molar refractivity (Wildman–Crippen MR) is 285 cm³/mol. The number of hydrogen-bond acceptors (Lipinski definition) is 6. The van der Waals surface area contributed by atoms with Crippen LogP contribution in [-0.4, -0.2) is 15.0 Å². The number of rotatable bonds is 7. The van der Waals surface area contributed by atoms with Crippen LogP contribution in [-0.2, 0) is 0 Å². The number of para-hydroxylation sites is 1. The Kier molecular flexibility index (Phi) is 9.00. The second-order valence-electron chi connectivity index (χ2n) is 17.5. The van der Waals surface area contributed by atoms with Gasteiger partial charge in [0.2, 0.25) is 0 Å². The number of benzene rings is 10. The van der Waals surface area contributed by atoms with Crippen molar-refractivity contribution in [2.75, 3.05) is 0 Å². The van der Waals surface area contributed by atoms with Gasteiger partial charge in [0.15, 0.2) is 17.5 Å². The average Bonchev–Trinajstić information content (AvgIpc) is 4.12. The number of thiophene rings is 1. The summed E-state index contributed by atoms with van der Waals surface area (Å²) in [5.74, 6) is 1.73. The summed E-state index contributed by atoms with van der Waals surface area (Å²) in [5, 5.41) is 6.62. The van der Waals surface area contributed by atoms with Crippen LogP contribution in [0.3, 0.4) is 0 Å². The van der Waals surface area contributed by atoms with Crippen LogP contribution in [0.2, 0.25) is 0 Å². The molecule has 0 amide bonds. The van der Waals surface area contributed by atoms with Crippen molar-refractivity contribution in [1.82, 2.24) is 15.0 Å². The minimum atomic E-state index is 0.561. The van der Waals surface area contributed by atoms with E-state index in [0.717, 1.165) is 105 Å². The first-order chi connectivity index (χ1) is 34.1. The Morgan fingerprint density at radius 2 is 0.797 bits per heavy atom. The SMILES string of the molecule is c1ccc(-c2cccc(-c3nc(-c4cccc(-c5ccccc5)c4)nc(-c4cccc5oc6ccc(-c7cc(-c8ccc9c(c8)sc8ccccc89)cc8oc9ccccc9c78)cc6c45)n3)c2)cc1. The van der Waals surface area contributed by atoms with Crippen molar-refractivity contribution in [2.45, 2.75) is 0 Å². The molecule has 0 aliphatic carbocycles. The molecule has 10 aromatic carbocycles. The fraction of sp³-hybridized carbons (Fsp3) is 0. The van der Waals surface area contributed by atoms with E-state index in [1.807, 2.05) is 47.7 Å². The zero-order chi connectivity index (χ0) is 45.4. The molecule has 0 aliphatic heterocycles. The second kappa shape index (κ2) is 15.8. The molecule has 14 aromatic rings. The van der Waals surface area contributed by atoms with Crippen molar-refractivity contribution in [1.29, 1.82) is 0 Å². The van der Waals surface area contributed by atoms with Crippen molar-refractivity contribution >= 4 is 75.4 Å². The van der Waals surface area contributed by atoms with E-state index in [4.69, 9.17) is 23.8 Å². The average molecular weight is 900 g/mol. The molecule has 6 heteroatoms.